The third-order valence-corrected chi connectivity index (χ3v) is 7.27. The van der Waals surface area contributed by atoms with Gasteiger partial charge in [0.2, 0.25) is 0 Å². The lowest BCUT2D eigenvalue weighted by molar-refractivity contribution is -0.139. The van der Waals surface area contributed by atoms with Crippen molar-refractivity contribution in [3.63, 3.8) is 0 Å². The van der Waals surface area contributed by atoms with E-state index in [4.69, 9.17) is 14.2 Å². The van der Waals surface area contributed by atoms with E-state index in [0.717, 1.165) is 0 Å². The topological polar surface area (TPSA) is 101 Å². The van der Waals surface area contributed by atoms with Crippen molar-refractivity contribution in [2.75, 3.05) is 54.1 Å². The highest BCUT2D eigenvalue weighted by Gasteiger charge is 2.39. The number of carbonyl (C=O) groups is 3. The van der Waals surface area contributed by atoms with Gasteiger partial charge in [0.1, 0.15) is 17.3 Å². The first-order valence-corrected chi connectivity index (χ1v) is 13.1. The van der Waals surface area contributed by atoms with Crippen molar-refractivity contribution in [2.45, 2.75) is 25.9 Å². The zero-order valence-corrected chi connectivity index (χ0v) is 23.4. The van der Waals surface area contributed by atoms with Crippen LogP contribution >= 0.6 is 0 Å². The predicted octanol–water partition coefficient (Wildman–Crippen LogP) is 3.20. The summed E-state index contributed by atoms with van der Waals surface area (Å²) in [5.41, 5.74) is 1.36. The number of carbonyl (C=O) groups excluding carboxylic acids is 3. The van der Waals surface area contributed by atoms with Gasteiger partial charge >= 0.3 is 12.0 Å². The molecule has 0 bridgehead atoms. The first-order valence-electron chi connectivity index (χ1n) is 13.1. The van der Waals surface area contributed by atoms with Gasteiger partial charge in [-0.2, -0.15) is 0 Å². The lowest BCUT2D eigenvalue weighted by Crippen LogP contribution is -2.56. The molecular weight excluding hydrogens is 519 g/mol. The number of benzene rings is 2. The van der Waals surface area contributed by atoms with Crippen molar-refractivity contribution >= 4 is 17.9 Å². The van der Waals surface area contributed by atoms with Crippen LogP contribution in [0.5, 0.6) is 11.5 Å². The van der Waals surface area contributed by atoms with Gasteiger partial charge < -0.3 is 24.4 Å². The van der Waals surface area contributed by atoms with Crippen LogP contribution in [0.4, 0.5) is 9.18 Å². The fourth-order valence-electron chi connectivity index (χ4n) is 5.18. The smallest absolute Gasteiger partial charge is 0.338 e. The molecule has 0 aliphatic carbocycles. The molecule has 0 aromatic heterocycles. The van der Waals surface area contributed by atoms with Crippen LogP contribution in [-0.4, -0.2) is 92.7 Å². The van der Waals surface area contributed by atoms with Crippen molar-refractivity contribution in [2.24, 2.45) is 0 Å². The molecule has 1 N–H and O–H groups in total. The number of rotatable bonds is 8. The number of amides is 3. The monoisotopic (exact) mass is 554 g/mol. The van der Waals surface area contributed by atoms with E-state index in [0.29, 0.717) is 42.4 Å². The van der Waals surface area contributed by atoms with E-state index < -0.39 is 17.8 Å². The molecule has 1 saturated heterocycles. The second-order valence-corrected chi connectivity index (χ2v) is 9.69. The van der Waals surface area contributed by atoms with Crippen LogP contribution in [0, 0.1) is 5.82 Å². The maximum atomic E-state index is 14.3. The second kappa shape index (κ2) is 12.4. The predicted molar refractivity (Wildman–Crippen MR) is 146 cm³/mol. The molecule has 214 valence electrons. The first kappa shape index (κ1) is 28.9. The second-order valence-electron chi connectivity index (χ2n) is 9.69. The molecule has 2 atom stereocenters. The van der Waals surface area contributed by atoms with Gasteiger partial charge in [-0.15, -0.1) is 0 Å². The molecule has 2 aliphatic rings. The quantitative estimate of drug-likeness (QED) is 0.500. The van der Waals surface area contributed by atoms with E-state index in [-0.39, 0.29) is 42.3 Å². The third-order valence-electron chi connectivity index (χ3n) is 7.27. The maximum absolute atomic E-state index is 14.3. The zero-order valence-electron chi connectivity index (χ0n) is 23.4. The Morgan fingerprint density at radius 3 is 2.50 bits per heavy atom. The molecule has 1 fully saturated rings. The van der Waals surface area contributed by atoms with Crippen molar-refractivity contribution in [1.82, 2.24) is 20.0 Å². The van der Waals surface area contributed by atoms with Crippen molar-refractivity contribution in [3.8, 4) is 11.5 Å². The van der Waals surface area contributed by atoms with Crippen LogP contribution < -0.4 is 14.8 Å². The third kappa shape index (κ3) is 5.74. The summed E-state index contributed by atoms with van der Waals surface area (Å²) in [5.74, 6) is -0.458. The molecule has 10 nitrogen and oxygen atoms in total. The summed E-state index contributed by atoms with van der Waals surface area (Å²) in [4.78, 5) is 44.7. The molecule has 2 aromatic rings. The van der Waals surface area contributed by atoms with Crippen LogP contribution in [0.15, 0.2) is 53.7 Å². The number of nitrogens with one attached hydrogen (secondary N) is 1. The first-order chi connectivity index (χ1) is 19.2. The summed E-state index contributed by atoms with van der Waals surface area (Å²) in [6, 6.07) is 9.65. The zero-order chi connectivity index (χ0) is 29.0. The Morgan fingerprint density at radius 1 is 1.10 bits per heavy atom. The van der Waals surface area contributed by atoms with Gasteiger partial charge in [-0.05, 0) is 44.2 Å². The summed E-state index contributed by atoms with van der Waals surface area (Å²) in [7, 11) is 4.65. The number of hydrogen-bond donors (Lipinski definition) is 1. The Bertz CT molecular complexity index is 1320. The molecule has 4 rings (SSSR count). The van der Waals surface area contributed by atoms with Gasteiger partial charge in [0.25, 0.3) is 5.91 Å². The molecule has 3 amide bonds. The van der Waals surface area contributed by atoms with E-state index in [1.807, 2.05) is 6.92 Å². The molecule has 2 heterocycles. The Morgan fingerprint density at radius 2 is 1.85 bits per heavy atom. The van der Waals surface area contributed by atoms with Crippen LogP contribution in [0.25, 0.3) is 0 Å². The molecule has 2 unspecified atom stereocenters. The van der Waals surface area contributed by atoms with Crippen molar-refractivity contribution in [1.29, 1.82) is 0 Å². The van der Waals surface area contributed by atoms with Gasteiger partial charge in [-0.25, -0.2) is 14.0 Å². The van der Waals surface area contributed by atoms with Gasteiger partial charge in [0, 0.05) is 50.5 Å². The van der Waals surface area contributed by atoms with E-state index in [1.165, 1.54) is 31.3 Å². The molecular formula is C29H35FN4O6. The highest BCUT2D eigenvalue weighted by Crippen LogP contribution is 2.38. The number of hydrogen-bond acceptors (Lipinski definition) is 7. The van der Waals surface area contributed by atoms with E-state index >= 15 is 0 Å². The Kier molecular flexibility index (Phi) is 8.93. The fourth-order valence-corrected chi connectivity index (χ4v) is 5.18. The molecule has 0 spiro atoms. The largest absolute Gasteiger partial charge is 0.497 e. The summed E-state index contributed by atoms with van der Waals surface area (Å²) in [6.45, 7) is 5.31. The van der Waals surface area contributed by atoms with Gasteiger partial charge in [-0.3, -0.25) is 14.6 Å². The normalized spacial score (nSPS) is 19.8. The lowest BCUT2D eigenvalue weighted by atomic mass is 9.93. The number of ether oxygens (including phenoxy) is 3. The van der Waals surface area contributed by atoms with Crippen molar-refractivity contribution < 1.29 is 33.0 Å². The van der Waals surface area contributed by atoms with E-state index in [2.05, 4.69) is 10.2 Å². The number of methoxy groups -OCH3 is 2. The van der Waals surface area contributed by atoms with Gasteiger partial charge in [0.05, 0.1) is 38.0 Å². The van der Waals surface area contributed by atoms with Gasteiger partial charge in [-0.1, -0.05) is 12.1 Å². The molecule has 0 saturated carbocycles. The highest BCUT2D eigenvalue weighted by atomic mass is 19.1. The molecule has 0 radical (unpaired) electrons. The summed E-state index contributed by atoms with van der Waals surface area (Å²) in [6.07, 6.45) is 0. The van der Waals surface area contributed by atoms with Gasteiger partial charge in [0.15, 0.2) is 0 Å². The van der Waals surface area contributed by atoms with Crippen LogP contribution in [0.1, 0.15) is 35.8 Å². The number of esters is 1. The number of halogens is 1. The minimum absolute atomic E-state index is 0.0360. The highest BCUT2D eigenvalue weighted by molar-refractivity contribution is 5.96. The minimum Gasteiger partial charge on any atom is -0.497 e. The number of piperazine rings is 1. The molecule has 2 aromatic carbocycles. The molecule has 2 aliphatic heterocycles. The standard InChI is InChI=1S/C29H35FN4O6/c1-6-40-28(36)25-23(32(3)29(37)31-26(25)21-15-19(38-4)11-12-24(21)39-5)17-33-13-14-34(18(2)16-33)27(35)20-9-7-8-10-22(20)30/h7-12,15,18,26H,6,13-14,16-17H2,1-5H3,(H,31,37). The Labute approximate surface area is 233 Å². The average molecular weight is 555 g/mol. The van der Waals surface area contributed by atoms with E-state index in [9.17, 15) is 18.8 Å². The number of likely N-dealkylation sites (N-methyl/N-ethyl adjacent to an activating group) is 1. The Balaban J connectivity index is 1.66. The molecule has 11 heteroatoms. The minimum atomic E-state index is -0.843. The number of nitrogens with zero attached hydrogens (tertiary/aromatic N) is 3. The Hall–Kier alpha value is -4.12. The van der Waals surface area contributed by atoms with Crippen LogP contribution in [-0.2, 0) is 9.53 Å². The fraction of sp³-hybridized carbons (Fsp3) is 0.414. The number of urea groups is 1. The average Bonchev–Trinajstić information content (AvgIpc) is 2.95. The lowest BCUT2D eigenvalue weighted by Gasteiger charge is -2.42. The summed E-state index contributed by atoms with van der Waals surface area (Å²) in [5, 5.41) is 2.91. The maximum Gasteiger partial charge on any atom is 0.338 e. The molecule has 40 heavy (non-hydrogen) atoms. The summed E-state index contributed by atoms with van der Waals surface area (Å²) < 4.78 is 30.7. The van der Waals surface area contributed by atoms with Crippen molar-refractivity contribution in [3.05, 3.63) is 70.7 Å². The van der Waals surface area contributed by atoms with E-state index in [1.54, 1.807) is 49.2 Å². The SMILES string of the molecule is CCOC(=O)C1=C(CN2CCN(C(=O)c3ccccc3F)C(C)C2)N(C)C(=O)NC1c1cc(OC)ccc1OC. The summed E-state index contributed by atoms with van der Waals surface area (Å²) >= 11 is 0. The van der Waals surface area contributed by atoms with Crippen LogP contribution in [0.3, 0.4) is 0 Å². The van der Waals surface area contributed by atoms with Crippen LogP contribution in [0.2, 0.25) is 0 Å².